The lowest BCUT2D eigenvalue weighted by molar-refractivity contribution is -0.161. The van der Waals surface area contributed by atoms with Gasteiger partial charge in [0.15, 0.2) is 12.2 Å². The van der Waals surface area contributed by atoms with Crippen LogP contribution in [0.3, 0.4) is 0 Å². The van der Waals surface area contributed by atoms with Crippen molar-refractivity contribution in [3.63, 3.8) is 0 Å². The lowest BCUT2D eigenvalue weighted by Gasteiger charge is -2.21. The number of rotatable bonds is 68. The van der Waals surface area contributed by atoms with Gasteiger partial charge in [0.2, 0.25) is 0 Å². The fourth-order valence-electron chi connectivity index (χ4n) is 9.07. The van der Waals surface area contributed by atoms with Crippen LogP contribution in [0.5, 0.6) is 0 Å². The van der Waals surface area contributed by atoms with E-state index in [0.29, 0.717) is 25.7 Å². The van der Waals surface area contributed by atoms with Gasteiger partial charge in [-0.3, -0.25) is 37.3 Å². The Morgan fingerprint density at radius 2 is 0.570 bits per heavy atom. The maximum absolute atomic E-state index is 13.1. The van der Waals surface area contributed by atoms with Crippen LogP contribution in [0.4, 0.5) is 0 Å². The summed E-state index contributed by atoms with van der Waals surface area (Å²) in [7, 11) is -10.0. The van der Waals surface area contributed by atoms with Gasteiger partial charge >= 0.3 is 39.5 Å². The number of carbonyl (C=O) groups excluding carboxylic acids is 4. The third-order valence-corrected chi connectivity index (χ3v) is 16.6. The number of aliphatic hydroxyl groups is 1. The minimum atomic E-state index is -5.03. The first-order chi connectivity index (χ1) is 48.7. The molecule has 0 heterocycles. The summed E-state index contributed by atoms with van der Waals surface area (Å²) in [5.41, 5.74) is 0. The van der Waals surface area contributed by atoms with Gasteiger partial charge in [-0.1, -0.05) is 262 Å². The Balaban J connectivity index is 5.53. The highest BCUT2D eigenvalue weighted by atomic mass is 31.2. The highest BCUT2D eigenvalue weighted by Crippen LogP contribution is 2.45. The van der Waals surface area contributed by atoms with Crippen LogP contribution in [-0.2, 0) is 65.4 Å². The molecule has 0 aromatic rings. The number of aliphatic hydroxyl groups excluding tert-OH is 1. The van der Waals surface area contributed by atoms with Crippen LogP contribution in [0.25, 0.3) is 0 Å². The molecule has 0 saturated heterocycles. The molecule has 0 aromatic heterocycles. The number of carbonyl (C=O) groups is 4. The van der Waals surface area contributed by atoms with Crippen molar-refractivity contribution < 1.29 is 80.2 Å². The number of esters is 4. The minimum absolute atomic E-state index is 0.0658. The van der Waals surface area contributed by atoms with Crippen LogP contribution in [0, 0.1) is 0 Å². The molecule has 100 heavy (non-hydrogen) atoms. The average molecular weight is 1440 g/mol. The molecule has 0 aliphatic carbocycles. The van der Waals surface area contributed by atoms with E-state index in [4.69, 9.17) is 37.0 Å². The van der Waals surface area contributed by atoms with Crippen molar-refractivity contribution in [3.8, 4) is 0 Å². The van der Waals surface area contributed by atoms with Crippen LogP contribution < -0.4 is 0 Å². The summed E-state index contributed by atoms with van der Waals surface area (Å²) in [5, 5.41) is 10.6. The smallest absolute Gasteiger partial charge is 0.462 e. The summed E-state index contributed by atoms with van der Waals surface area (Å²) in [5.74, 6) is -2.52. The topological polar surface area (TPSA) is 237 Å². The summed E-state index contributed by atoms with van der Waals surface area (Å²) < 4.78 is 68.1. The first-order valence-corrected chi connectivity index (χ1v) is 40.4. The Morgan fingerprint density at radius 1 is 0.300 bits per heavy atom. The Labute approximate surface area is 603 Å². The molecule has 0 amide bonds. The van der Waals surface area contributed by atoms with Crippen LogP contribution >= 0.6 is 15.6 Å². The summed E-state index contributed by atoms with van der Waals surface area (Å²) >= 11 is 0. The number of hydrogen-bond donors (Lipinski definition) is 3. The first kappa shape index (κ1) is 94.4. The predicted molar refractivity (Wildman–Crippen MR) is 408 cm³/mol. The van der Waals surface area contributed by atoms with Gasteiger partial charge in [0.25, 0.3) is 0 Å². The standard InChI is InChI=1S/C81H130O17P2/c1-5-9-13-17-21-25-29-33-37-41-45-49-53-57-61-65-78(83)91-71-76(97-80(85)67-63-59-55-51-47-43-39-35-31-27-23-19-15-11-7-3)73-95-99(87,88)93-69-75(82)70-94-100(89,90)96-74-77(98-81(86)68-64-60-56-52-48-44-40-36-32-28-24-20-16-12-8-4)72-92-79(84)66-62-58-54-50-46-42-38-34-30-26-22-18-14-10-6-2/h9,11,13,15,21-28,33-40,45,47,49,51,57,59,61,63,75-77,82H,5-8,10,12,14,16-20,29-32,41-44,46,48,50,52-56,58,60,62,64-74H2,1-4H3,(H,87,88)(H,89,90)/b13-9-,15-11-,25-21-,26-22-,27-23-,28-24-,37-33-,38-34-,39-35-,40-36-,49-45-,51-47-,61-57-,63-59-. The third kappa shape index (κ3) is 70.8. The van der Waals surface area contributed by atoms with Gasteiger partial charge < -0.3 is 33.8 Å². The van der Waals surface area contributed by atoms with E-state index in [9.17, 15) is 43.2 Å². The molecule has 5 unspecified atom stereocenters. The Bertz CT molecular complexity index is 2570. The third-order valence-electron chi connectivity index (χ3n) is 14.7. The van der Waals surface area contributed by atoms with E-state index in [-0.39, 0.29) is 25.7 Å². The van der Waals surface area contributed by atoms with Gasteiger partial charge in [0.1, 0.15) is 19.3 Å². The van der Waals surface area contributed by atoms with E-state index in [0.717, 1.165) is 141 Å². The number of unbranched alkanes of at least 4 members (excludes halogenated alkanes) is 16. The number of allylic oxidation sites excluding steroid dienone is 26. The molecule has 0 rings (SSSR count). The summed E-state index contributed by atoms with van der Waals surface area (Å²) in [6, 6.07) is 0. The SMILES string of the molecule is CC/C=C\C/C=C\C/C=C\C/C=C\C/C=C\CC(=O)OCC(COP(=O)(O)OCC(O)COP(=O)(O)OCC(COC(=O)CCCCCCC/C=C\C/C=C\CCCCC)OC(=O)CCCCCCC/C=C\C/C=C\CCCCC)OC(=O)C/C=C\C/C=C\C/C=C\C/C=C\C/C=C\CC. The van der Waals surface area contributed by atoms with Crippen LogP contribution in [-0.4, -0.2) is 96.7 Å². The van der Waals surface area contributed by atoms with Crippen molar-refractivity contribution in [2.75, 3.05) is 39.6 Å². The van der Waals surface area contributed by atoms with Crippen molar-refractivity contribution in [2.24, 2.45) is 0 Å². The largest absolute Gasteiger partial charge is 0.472 e. The molecule has 17 nitrogen and oxygen atoms in total. The monoisotopic (exact) mass is 1440 g/mol. The molecule has 0 saturated carbocycles. The zero-order chi connectivity index (χ0) is 73.2. The van der Waals surface area contributed by atoms with E-state index in [2.05, 4.69) is 149 Å². The second-order valence-corrected chi connectivity index (χ2v) is 27.1. The number of hydrogen-bond acceptors (Lipinski definition) is 15. The number of phosphoric ester groups is 2. The first-order valence-electron chi connectivity index (χ1n) is 37.4. The highest BCUT2D eigenvalue weighted by Gasteiger charge is 2.30. The molecular formula is C81H130O17P2. The zero-order valence-corrected chi connectivity index (χ0v) is 63.3. The molecule has 0 aliphatic heterocycles. The molecule has 5 atom stereocenters. The van der Waals surface area contributed by atoms with Crippen molar-refractivity contribution >= 4 is 39.5 Å². The lowest BCUT2D eigenvalue weighted by Crippen LogP contribution is -2.30. The molecule has 566 valence electrons. The quantitative estimate of drug-likeness (QED) is 0.0169. The Kier molecular flexibility index (Phi) is 67.8. The Hall–Kier alpha value is -5.58. The zero-order valence-electron chi connectivity index (χ0n) is 61.5. The Morgan fingerprint density at radius 3 is 0.930 bits per heavy atom. The molecule has 0 bridgehead atoms. The van der Waals surface area contributed by atoms with Crippen molar-refractivity contribution in [1.82, 2.24) is 0 Å². The van der Waals surface area contributed by atoms with E-state index in [1.807, 2.05) is 30.4 Å². The lowest BCUT2D eigenvalue weighted by atomic mass is 10.1. The molecule has 0 fully saturated rings. The van der Waals surface area contributed by atoms with Gasteiger partial charge in [0.05, 0.1) is 39.3 Å². The maximum atomic E-state index is 13.1. The molecule has 0 aromatic carbocycles. The molecule has 0 aliphatic rings. The van der Waals surface area contributed by atoms with Crippen LogP contribution in [0.15, 0.2) is 170 Å². The van der Waals surface area contributed by atoms with Gasteiger partial charge in [-0.25, -0.2) is 9.13 Å². The average Bonchev–Trinajstić information content (AvgIpc) is 1.01. The van der Waals surface area contributed by atoms with Gasteiger partial charge in [-0.2, -0.15) is 0 Å². The van der Waals surface area contributed by atoms with E-state index in [1.54, 1.807) is 18.2 Å². The predicted octanol–water partition coefficient (Wildman–Crippen LogP) is 21.4. The maximum Gasteiger partial charge on any atom is 0.472 e. The normalized spacial score (nSPS) is 14.9. The van der Waals surface area contributed by atoms with Gasteiger partial charge in [-0.15, -0.1) is 0 Å². The van der Waals surface area contributed by atoms with Gasteiger partial charge in [0, 0.05) is 12.8 Å². The van der Waals surface area contributed by atoms with Crippen molar-refractivity contribution in [1.29, 1.82) is 0 Å². The van der Waals surface area contributed by atoms with Crippen LogP contribution in [0.2, 0.25) is 0 Å². The molecular weight excluding hydrogens is 1310 g/mol. The van der Waals surface area contributed by atoms with E-state index < -0.39 is 97.5 Å². The van der Waals surface area contributed by atoms with Crippen molar-refractivity contribution in [2.45, 2.75) is 277 Å². The second-order valence-electron chi connectivity index (χ2n) is 24.1. The fraction of sp³-hybridized carbons (Fsp3) is 0.605. The fourth-order valence-corrected chi connectivity index (χ4v) is 10.7. The van der Waals surface area contributed by atoms with Crippen molar-refractivity contribution in [3.05, 3.63) is 170 Å². The molecule has 0 radical (unpaired) electrons. The number of phosphoric acid groups is 2. The number of ether oxygens (including phenoxy) is 4. The molecule has 3 N–H and O–H groups in total. The minimum Gasteiger partial charge on any atom is -0.462 e. The van der Waals surface area contributed by atoms with E-state index in [1.165, 1.54) is 38.5 Å². The van der Waals surface area contributed by atoms with Gasteiger partial charge in [-0.05, 0) is 141 Å². The second kappa shape index (κ2) is 71.8. The summed E-state index contributed by atoms with van der Waals surface area (Å²) in [6.07, 6.45) is 84.1. The highest BCUT2D eigenvalue weighted by molar-refractivity contribution is 7.47. The molecule has 19 heteroatoms. The summed E-state index contributed by atoms with van der Waals surface area (Å²) in [4.78, 5) is 72.7. The van der Waals surface area contributed by atoms with Crippen LogP contribution in [0.1, 0.15) is 259 Å². The van der Waals surface area contributed by atoms with E-state index >= 15 is 0 Å². The molecule has 0 spiro atoms. The summed E-state index contributed by atoms with van der Waals surface area (Å²) in [6.45, 7) is 4.29.